The summed E-state index contributed by atoms with van der Waals surface area (Å²) in [5.74, 6) is -0.0695. The molecule has 4 aromatic rings. The molecule has 2 amide bonds. The number of carbonyl (C=O) groups is 2. The molecule has 0 saturated heterocycles. The minimum Gasteiger partial charge on any atom is -0.497 e. The number of benzene rings is 3. The molecule has 34 heavy (non-hydrogen) atoms. The predicted octanol–water partition coefficient (Wildman–Crippen LogP) is 4.96. The molecule has 0 atom stereocenters. The van der Waals surface area contributed by atoms with Crippen LogP contribution in [0.1, 0.15) is 21.5 Å². The van der Waals surface area contributed by atoms with Crippen LogP contribution in [-0.4, -0.2) is 30.5 Å². The topological polar surface area (TPSA) is 83.2 Å². The first kappa shape index (κ1) is 23.1. The zero-order valence-corrected chi connectivity index (χ0v) is 19.4. The Labute approximate surface area is 202 Å². The number of rotatable bonds is 8. The molecule has 3 aromatic carbocycles. The van der Waals surface area contributed by atoms with E-state index in [1.807, 2.05) is 48.5 Å². The van der Waals surface area contributed by atoms with E-state index in [2.05, 4.69) is 15.6 Å². The number of fused-ring (bicyclic) bond motifs is 1. The summed E-state index contributed by atoms with van der Waals surface area (Å²) in [6.45, 7) is 0.364. The highest BCUT2D eigenvalue weighted by atomic mass is 35.5. The van der Waals surface area contributed by atoms with Crippen molar-refractivity contribution in [1.29, 1.82) is 0 Å². The Morgan fingerprint density at radius 3 is 2.56 bits per heavy atom. The van der Waals surface area contributed by atoms with Crippen molar-refractivity contribution in [3.8, 4) is 5.75 Å². The number of methoxy groups -OCH3 is 1. The number of amides is 2. The first-order valence-electron chi connectivity index (χ1n) is 10.8. The van der Waals surface area contributed by atoms with Crippen molar-refractivity contribution < 1.29 is 14.3 Å². The van der Waals surface area contributed by atoms with Gasteiger partial charge in [0.2, 0.25) is 0 Å². The van der Waals surface area contributed by atoms with Gasteiger partial charge in [0.15, 0.2) is 0 Å². The number of H-pyrrole nitrogens is 1. The van der Waals surface area contributed by atoms with Gasteiger partial charge in [0.1, 0.15) is 11.4 Å². The van der Waals surface area contributed by atoms with Crippen LogP contribution in [0.15, 0.2) is 84.7 Å². The molecule has 7 heteroatoms. The molecule has 172 valence electrons. The van der Waals surface area contributed by atoms with Gasteiger partial charge in [-0.25, -0.2) is 0 Å². The van der Waals surface area contributed by atoms with Crippen molar-refractivity contribution in [3.05, 3.63) is 106 Å². The van der Waals surface area contributed by atoms with Crippen LogP contribution in [0, 0.1) is 0 Å². The van der Waals surface area contributed by atoms with Crippen molar-refractivity contribution >= 4 is 40.4 Å². The fourth-order valence-corrected chi connectivity index (χ4v) is 3.80. The predicted molar refractivity (Wildman–Crippen MR) is 135 cm³/mol. The van der Waals surface area contributed by atoms with Gasteiger partial charge in [0.25, 0.3) is 11.8 Å². The van der Waals surface area contributed by atoms with E-state index in [-0.39, 0.29) is 11.6 Å². The van der Waals surface area contributed by atoms with Crippen LogP contribution in [-0.2, 0) is 11.2 Å². The van der Waals surface area contributed by atoms with E-state index in [1.54, 1.807) is 43.6 Å². The van der Waals surface area contributed by atoms with Crippen LogP contribution >= 0.6 is 11.6 Å². The van der Waals surface area contributed by atoms with Crippen molar-refractivity contribution in [2.24, 2.45) is 0 Å². The molecule has 6 nitrogen and oxygen atoms in total. The van der Waals surface area contributed by atoms with Crippen LogP contribution < -0.4 is 15.4 Å². The van der Waals surface area contributed by atoms with Crippen LogP contribution in [0.2, 0.25) is 5.02 Å². The van der Waals surface area contributed by atoms with E-state index in [0.29, 0.717) is 29.3 Å². The number of ether oxygens (including phenoxy) is 1. The first-order chi connectivity index (χ1) is 16.5. The summed E-state index contributed by atoms with van der Waals surface area (Å²) >= 11 is 6.22. The van der Waals surface area contributed by atoms with Crippen LogP contribution in [0.25, 0.3) is 17.0 Å². The molecular weight excluding hydrogens is 450 g/mol. The highest BCUT2D eigenvalue weighted by molar-refractivity contribution is 6.31. The Morgan fingerprint density at radius 2 is 1.79 bits per heavy atom. The molecule has 3 N–H and O–H groups in total. The smallest absolute Gasteiger partial charge is 0.267 e. The number of aromatic nitrogens is 1. The van der Waals surface area contributed by atoms with Gasteiger partial charge in [-0.05, 0) is 54.5 Å². The van der Waals surface area contributed by atoms with Crippen molar-refractivity contribution in [1.82, 2.24) is 15.6 Å². The number of hydrogen-bond donors (Lipinski definition) is 3. The van der Waals surface area contributed by atoms with E-state index in [9.17, 15) is 9.59 Å². The Balaban J connectivity index is 1.59. The highest BCUT2D eigenvalue weighted by Crippen LogP contribution is 2.25. The standard InChI is InChI=1S/C27H24ClN3O3/c1-34-21-11-12-24-22(16-21)20(17-30-24)15-25(31-26(32)19-8-3-2-4-9-19)27(33)29-14-13-18-7-5-6-10-23(18)28/h2-12,15-17,30H,13-14H2,1H3,(H,29,33)(H,31,32)/b25-15-. The van der Waals surface area contributed by atoms with Crippen molar-refractivity contribution in [2.75, 3.05) is 13.7 Å². The number of carbonyl (C=O) groups excluding carboxylic acids is 2. The lowest BCUT2D eigenvalue weighted by Crippen LogP contribution is -2.35. The van der Waals surface area contributed by atoms with Gasteiger partial charge in [-0.15, -0.1) is 0 Å². The summed E-state index contributed by atoms with van der Waals surface area (Å²) in [7, 11) is 1.60. The number of halogens is 1. The van der Waals surface area contributed by atoms with Crippen LogP contribution in [0.5, 0.6) is 5.75 Å². The number of aromatic amines is 1. The minimum absolute atomic E-state index is 0.136. The van der Waals surface area contributed by atoms with E-state index < -0.39 is 5.91 Å². The second-order valence-corrected chi connectivity index (χ2v) is 8.04. The maximum Gasteiger partial charge on any atom is 0.267 e. The molecule has 0 aliphatic rings. The molecule has 1 aromatic heterocycles. The third kappa shape index (κ3) is 5.47. The van der Waals surface area contributed by atoms with E-state index in [1.165, 1.54) is 0 Å². The van der Waals surface area contributed by atoms with E-state index in [0.717, 1.165) is 22.0 Å². The summed E-state index contributed by atoms with van der Waals surface area (Å²) in [5.41, 5.74) is 3.17. The van der Waals surface area contributed by atoms with E-state index in [4.69, 9.17) is 16.3 Å². The summed E-state index contributed by atoms with van der Waals surface area (Å²) < 4.78 is 5.33. The Morgan fingerprint density at radius 1 is 1.03 bits per heavy atom. The first-order valence-corrected chi connectivity index (χ1v) is 11.2. The zero-order valence-electron chi connectivity index (χ0n) is 18.6. The molecule has 4 rings (SSSR count). The largest absolute Gasteiger partial charge is 0.497 e. The second-order valence-electron chi connectivity index (χ2n) is 7.63. The molecule has 0 radical (unpaired) electrons. The van der Waals surface area contributed by atoms with Gasteiger partial charge < -0.3 is 20.4 Å². The normalized spacial score (nSPS) is 11.3. The fourth-order valence-electron chi connectivity index (χ4n) is 3.57. The third-order valence-electron chi connectivity index (χ3n) is 5.39. The molecule has 0 aliphatic carbocycles. The Bertz CT molecular complexity index is 1350. The third-order valence-corrected chi connectivity index (χ3v) is 5.76. The molecule has 0 spiro atoms. The highest BCUT2D eigenvalue weighted by Gasteiger charge is 2.16. The number of hydrogen-bond acceptors (Lipinski definition) is 3. The summed E-state index contributed by atoms with van der Waals surface area (Å²) in [5, 5.41) is 7.17. The SMILES string of the molecule is COc1ccc2[nH]cc(/C=C(\NC(=O)c3ccccc3)C(=O)NCCc3ccccc3Cl)c2c1. The van der Waals surface area contributed by atoms with Crippen LogP contribution in [0.3, 0.4) is 0 Å². The Kier molecular flexibility index (Phi) is 7.30. The fraction of sp³-hybridized carbons (Fsp3) is 0.111. The maximum absolute atomic E-state index is 13.1. The molecule has 0 unspecified atom stereocenters. The van der Waals surface area contributed by atoms with Gasteiger partial charge in [-0.1, -0.05) is 48.0 Å². The zero-order chi connectivity index (χ0) is 23.9. The lowest BCUT2D eigenvalue weighted by atomic mass is 10.1. The molecule has 0 saturated carbocycles. The average Bonchev–Trinajstić information content (AvgIpc) is 3.27. The minimum atomic E-state index is -0.395. The van der Waals surface area contributed by atoms with Gasteiger partial charge in [0.05, 0.1) is 7.11 Å². The number of nitrogens with one attached hydrogen (secondary N) is 3. The molecule has 0 aliphatic heterocycles. The van der Waals surface area contributed by atoms with Gasteiger partial charge in [-0.2, -0.15) is 0 Å². The van der Waals surface area contributed by atoms with Gasteiger partial charge in [-0.3, -0.25) is 9.59 Å². The van der Waals surface area contributed by atoms with Crippen molar-refractivity contribution in [2.45, 2.75) is 6.42 Å². The summed E-state index contributed by atoms with van der Waals surface area (Å²) in [4.78, 5) is 29.1. The lowest BCUT2D eigenvalue weighted by molar-refractivity contribution is -0.117. The van der Waals surface area contributed by atoms with Crippen LogP contribution in [0.4, 0.5) is 0 Å². The molecule has 1 heterocycles. The Hall–Kier alpha value is -4.03. The van der Waals surface area contributed by atoms with Gasteiger partial charge in [0, 0.05) is 39.8 Å². The van der Waals surface area contributed by atoms with Crippen molar-refractivity contribution in [3.63, 3.8) is 0 Å². The average molecular weight is 474 g/mol. The van der Waals surface area contributed by atoms with Gasteiger partial charge >= 0.3 is 0 Å². The maximum atomic E-state index is 13.1. The molecular formula is C27H24ClN3O3. The quantitative estimate of drug-likeness (QED) is 0.316. The second kappa shape index (κ2) is 10.7. The summed E-state index contributed by atoms with van der Waals surface area (Å²) in [6, 6.07) is 21.9. The summed E-state index contributed by atoms with van der Waals surface area (Å²) in [6.07, 6.45) is 4.01. The molecule has 0 fully saturated rings. The monoisotopic (exact) mass is 473 g/mol. The lowest BCUT2D eigenvalue weighted by Gasteiger charge is -2.12. The molecule has 0 bridgehead atoms. The van der Waals surface area contributed by atoms with E-state index >= 15 is 0 Å².